The molecule has 4 nitrogen and oxygen atoms in total. The van der Waals surface area contributed by atoms with Crippen LogP contribution in [0.5, 0.6) is 0 Å². The Bertz CT molecular complexity index is 490. The molecule has 16 heavy (non-hydrogen) atoms. The molecule has 0 amide bonds. The van der Waals surface area contributed by atoms with Gasteiger partial charge in [0.25, 0.3) is 0 Å². The van der Waals surface area contributed by atoms with Gasteiger partial charge in [0.15, 0.2) is 0 Å². The van der Waals surface area contributed by atoms with E-state index in [9.17, 15) is 4.79 Å². The lowest BCUT2D eigenvalue weighted by atomic mass is 10.1. The van der Waals surface area contributed by atoms with Crippen LogP contribution in [-0.4, -0.2) is 22.8 Å². The number of aryl methyl sites for hydroxylation is 1. The van der Waals surface area contributed by atoms with E-state index in [0.717, 1.165) is 16.5 Å². The van der Waals surface area contributed by atoms with E-state index in [1.54, 1.807) is 6.20 Å². The Hall–Kier alpha value is -1.84. The highest BCUT2D eigenvalue weighted by Gasteiger charge is 2.03. The van der Waals surface area contributed by atoms with Crippen molar-refractivity contribution in [2.45, 2.75) is 19.8 Å². The molecule has 0 unspecified atom stereocenters. The van der Waals surface area contributed by atoms with Gasteiger partial charge in [0.1, 0.15) is 0 Å². The highest BCUT2D eigenvalue weighted by Crippen LogP contribution is 2.14. The van der Waals surface area contributed by atoms with Crippen LogP contribution in [0.4, 0.5) is 0 Å². The number of rotatable bonds is 4. The second kappa shape index (κ2) is 4.79. The molecule has 0 fully saturated rings. The highest BCUT2D eigenvalue weighted by atomic mass is 16.5. The summed E-state index contributed by atoms with van der Waals surface area (Å²) in [5, 5.41) is 7.94. The van der Waals surface area contributed by atoms with Gasteiger partial charge in [-0.25, -0.2) is 0 Å². The van der Waals surface area contributed by atoms with Crippen molar-refractivity contribution in [3.05, 3.63) is 30.0 Å². The molecule has 1 aromatic heterocycles. The molecule has 0 aliphatic carbocycles. The molecule has 2 aromatic rings. The van der Waals surface area contributed by atoms with Crippen LogP contribution in [0, 0.1) is 0 Å². The fourth-order valence-electron chi connectivity index (χ4n) is 1.62. The van der Waals surface area contributed by atoms with Gasteiger partial charge in [-0.05, 0) is 25.0 Å². The number of nitrogens with one attached hydrogen (secondary N) is 1. The van der Waals surface area contributed by atoms with Crippen LogP contribution in [0.2, 0.25) is 0 Å². The van der Waals surface area contributed by atoms with Gasteiger partial charge in [-0.3, -0.25) is 9.89 Å². The molecule has 2 rings (SSSR count). The van der Waals surface area contributed by atoms with E-state index < -0.39 is 0 Å². The zero-order valence-electron chi connectivity index (χ0n) is 9.19. The maximum atomic E-state index is 11.2. The minimum atomic E-state index is -0.146. The molecular formula is C12H14N2O2. The first-order valence-corrected chi connectivity index (χ1v) is 5.37. The lowest BCUT2D eigenvalue weighted by Crippen LogP contribution is -2.05. The zero-order valence-corrected chi connectivity index (χ0v) is 9.19. The van der Waals surface area contributed by atoms with Crippen molar-refractivity contribution < 1.29 is 9.53 Å². The van der Waals surface area contributed by atoms with Crippen LogP contribution in [-0.2, 0) is 16.0 Å². The maximum absolute atomic E-state index is 11.2. The molecule has 0 spiro atoms. The number of hydrogen-bond donors (Lipinski definition) is 1. The number of ether oxygens (including phenoxy) is 1. The summed E-state index contributed by atoms with van der Waals surface area (Å²) in [4.78, 5) is 11.2. The normalized spacial score (nSPS) is 10.6. The number of hydrogen-bond acceptors (Lipinski definition) is 3. The van der Waals surface area contributed by atoms with Gasteiger partial charge in [-0.1, -0.05) is 12.1 Å². The molecule has 0 bridgehead atoms. The van der Waals surface area contributed by atoms with Crippen molar-refractivity contribution in [1.29, 1.82) is 0 Å². The zero-order chi connectivity index (χ0) is 11.4. The minimum absolute atomic E-state index is 0.146. The average Bonchev–Trinajstić information content (AvgIpc) is 2.74. The predicted molar refractivity (Wildman–Crippen MR) is 61.0 cm³/mol. The number of carbonyl (C=O) groups excluding carboxylic acids is 1. The molecule has 4 heteroatoms. The first-order valence-electron chi connectivity index (χ1n) is 5.37. The molecule has 1 aromatic carbocycles. The Morgan fingerprint density at radius 1 is 1.50 bits per heavy atom. The molecule has 0 saturated carbocycles. The van der Waals surface area contributed by atoms with E-state index in [4.69, 9.17) is 4.74 Å². The molecule has 0 aliphatic heterocycles. The van der Waals surface area contributed by atoms with Crippen molar-refractivity contribution in [2.75, 3.05) is 6.61 Å². The van der Waals surface area contributed by atoms with Gasteiger partial charge in [0, 0.05) is 11.8 Å². The summed E-state index contributed by atoms with van der Waals surface area (Å²) in [5.41, 5.74) is 2.12. The predicted octanol–water partition coefficient (Wildman–Crippen LogP) is 2.06. The number of benzene rings is 1. The summed E-state index contributed by atoms with van der Waals surface area (Å²) >= 11 is 0. The van der Waals surface area contributed by atoms with E-state index in [1.807, 2.05) is 25.1 Å². The topological polar surface area (TPSA) is 55.0 Å². The van der Waals surface area contributed by atoms with E-state index >= 15 is 0 Å². The fourth-order valence-corrected chi connectivity index (χ4v) is 1.62. The van der Waals surface area contributed by atoms with Gasteiger partial charge >= 0.3 is 5.97 Å². The quantitative estimate of drug-likeness (QED) is 0.799. The molecular weight excluding hydrogens is 204 g/mol. The minimum Gasteiger partial charge on any atom is -0.466 e. The third-order valence-corrected chi connectivity index (χ3v) is 2.43. The van der Waals surface area contributed by atoms with Gasteiger partial charge in [-0.2, -0.15) is 5.10 Å². The highest BCUT2D eigenvalue weighted by molar-refractivity contribution is 5.78. The number of nitrogens with zero attached hydrogens (tertiary/aromatic N) is 1. The molecule has 0 atom stereocenters. The number of carbonyl (C=O) groups is 1. The Kier molecular flexibility index (Phi) is 3.19. The molecule has 1 heterocycles. The number of H-pyrrole nitrogens is 1. The van der Waals surface area contributed by atoms with Gasteiger partial charge in [0.05, 0.1) is 18.3 Å². The second-order valence-corrected chi connectivity index (χ2v) is 3.60. The summed E-state index contributed by atoms with van der Waals surface area (Å²) in [6, 6.07) is 6.03. The Morgan fingerprint density at radius 3 is 3.19 bits per heavy atom. The number of fused-ring (bicyclic) bond motifs is 1. The van der Waals surface area contributed by atoms with Crippen molar-refractivity contribution in [1.82, 2.24) is 10.2 Å². The SMILES string of the molecule is CCOC(=O)CCc1ccc2cn[nH]c2c1. The first-order chi connectivity index (χ1) is 7.79. The average molecular weight is 218 g/mol. The van der Waals surface area contributed by atoms with Crippen LogP contribution in [0.15, 0.2) is 24.4 Å². The lowest BCUT2D eigenvalue weighted by molar-refractivity contribution is -0.143. The molecule has 1 N–H and O–H groups in total. The summed E-state index contributed by atoms with van der Waals surface area (Å²) in [6.45, 7) is 2.26. The van der Waals surface area contributed by atoms with Crippen molar-refractivity contribution in [3.8, 4) is 0 Å². The largest absolute Gasteiger partial charge is 0.466 e. The third kappa shape index (κ3) is 2.39. The maximum Gasteiger partial charge on any atom is 0.306 e. The summed E-state index contributed by atoms with van der Waals surface area (Å²) in [5.74, 6) is -0.146. The summed E-state index contributed by atoms with van der Waals surface area (Å²) in [6.07, 6.45) is 2.91. The van der Waals surface area contributed by atoms with E-state index in [2.05, 4.69) is 10.2 Å². The fraction of sp³-hybridized carbons (Fsp3) is 0.333. The van der Waals surface area contributed by atoms with Crippen LogP contribution >= 0.6 is 0 Å². The Labute approximate surface area is 93.6 Å². The first kappa shape index (κ1) is 10.7. The Morgan fingerprint density at radius 2 is 2.38 bits per heavy atom. The van der Waals surface area contributed by atoms with Gasteiger partial charge in [-0.15, -0.1) is 0 Å². The van der Waals surface area contributed by atoms with Gasteiger partial charge in [0.2, 0.25) is 0 Å². The smallest absolute Gasteiger partial charge is 0.306 e. The third-order valence-electron chi connectivity index (χ3n) is 2.43. The standard InChI is InChI=1S/C12H14N2O2/c1-2-16-12(15)6-4-9-3-5-10-8-13-14-11(10)7-9/h3,5,7-8H,2,4,6H2,1H3,(H,13,14). The lowest BCUT2D eigenvalue weighted by Gasteiger charge is -2.02. The number of aromatic nitrogens is 2. The summed E-state index contributed by atoms with van der Waals surface area (Å²) in [7, 11) is 0. The monoisotopic (exact) mass is 218 g/mol. The van der Waals surface area contributed by atoms with Crippen LogP contribution in [0.25, 0.3) is 10.9 Å². The van der Waals surface area contributed by atoms with E-state index in [1.165, 1.54) is 0 Å². The number of esters is 1. The van der Waals surface area contributed by atoms with Crippen LogP contribution in [0.3, 0.4) is 0 Å². The molecule has 0 saturated heterocycles. The Balaban J connectivity index is 2.01. The summed E-state index contributed by atoms with van der Waals surface area (Å²) < 4.78 is 4.88. The second-order valence-electron chi connectivity index (χ2n) is 3.60. The van der Waals surface area contributed by atoms with E-state index in [-0.39, 0.29) is 5.97 Å². The van der Waals surface area contributed by atoms with Crippen molar-refractivity contribution >= 4 is 16.9 Å². The molecule has 0 radical (unpaired) electrons. The van der Waals surface area contributed by atoms with Crippen molar-refractivity contribution in [3.63, 3.8) is 0 Å². The van der Waals surface area contributed by atoms with Gasteiger partial charge < -0.3 is 4.74 Å². The van der Waals surface area contributed by atoms with Crippen molar-refractivity contribution in [2.24, 2.45) is 0 Å². The number of aromatic amines is 1. The molecule has 84 valence electrons. The van der Waals surface area contributed by atoms with Crippen LogP contribution < -0.4 is 0 Å². The van der Waals surface area contributed by atoms with Crippen LogP contribution in [0.1, 0.15) is 18.9 Å². The molecule has 0 aliphatic rings. The van der Waals surface area contributed by atoms with E-state index in [0.29, 0.717) is 19.4 Å².